The minimum atomic E-state index is -4.45. The highest BCUT2D eigenvalue weighted by Gasteiger charge is 2.49. The Labute approximate surface area is 78.9 Å². The van der Waals surface area contributed by atoms with Gasteiger partial charge in [0.25, 0.3) is 0 Å². The summed E-state index contributed by atoms with van der Waals surface area (Å²) in [5.41, 5.74) is -1.30. The third-order valence-electron chi connectivity index (χ3n) is 2.22. The lowest BCUT2D eigenvalue weighted by molar-refractivity contribution is -0.160. The van der Waals surface area contributed by atoms with Gasteiger partial charge in [0.1, 0.15) is 12.0 Å². The van der Waals surface area contributed by atoms with Crippen LogP contribution in [0.4, 0.5) is 13.2 Å². The van der Waals surface area contributed by atoms with Crippen molar-refractivity contribution >= 4 is 11.7 Å². The van der Waals surface area contributed by atoms with Crippen molar-refractivity contribution in [2.45, 2.75) is 20.0 Å². The topological polar surface area (TPSA) is 37.4 Å². The van der Waals surface area contributed by atoms with E-state index < -0.39 is 36.4 Å². The van der Waals surface area contributed by atoms with E-state index in [2.05, 4.69) is 0 Å². The third-order valence-corrected chi connectivity index (χ3v) is 2.22. The molecule has 1 fully saturated rings. The number of carbonyl (C=O) groups is 2. The molecule has 6 heteroatoms. The minimum absolute atomic E-state index is 0.439. The Balaban J connectivity index is 2.78. The van der Waals surface area contributed by atoms with E-state index in [9.17, 15) is 22.8 Å². The molecule has 0 aliphatic carbocycles. The zero-order chi connectivity index (χ0) is 11.1. The van der Waals surface area contributed by atoms with E-state index >= 15 is 0 Å². The molecule has 1 saturated heterocycles. The van der Waals surface area contributed by atoms with Crippen LogP contribution < -0.4 is 0 Å². The Hall–Kier alpha value is -1.07. The van der Waals surface area contributed by atoms with Gasteiger partial charge >= 0.3 is 6.18 Å². The molecule has 0 atom stereocenters. The monoisotopic (exact) mass is 209 g/mol. The number of carbonyl (C=O) groups excluding carboxylic acids is 2. The summed E-state index contributed by atoms with van der Waals surface area (Å²) in [5, 5.41) is 0. The smallest absolute Gasteiger partial charge is 0.325 e. The molecule has 1 amide bonds. The Bertz CT molecular complexity index is 283. The molecule has 0 radical (unpaired) electrons. The Morgan fingerprint density at radius 2 is 1.86 bits per heavy atom. The fraction of sp³-hybridized carbons (Fsp3) is 0.750. The van der Waals surface area contributed by atoms with Crippen LogP contribution in [0.3, 0.4) is 0 Å². The van der Waals surface area contributed by atoms with Crippen LogP contribution in [-0.2, 0) is 9.59 Å². The number of likely N-dealkylation sites (tertiary alicyclic amines) is 1. The summed E-state index contributed by atoms with van der Waals surface area (Å²) in [4.78, 5) is 23.0. The second kappa shape index (κ2) is 2.96. The van der Waals surface area contributed by atoms with Crippen LogP contribution in [0.25, 0.3) is 0 Å². The van der Waals surface area contributed by atoms with Gasteiger partial charge in [-0.25, -0.2) is 0 Å². The molecule has 0 N–H and O–H groups in total. The van der Waals surface area contributed by atoms with E-state index in [1.165, 1.54) is 13.8 Å². The van der Waals surface area contributed by atoms with Gasteiger partial charge in [0.15, 0.2) is 5.78 Å². The van der Waals surface area contributed by atoms with Gasteiger partial charge in [-0.2, -0.15) is 13.2 Å². The van der Waals surface area contributed by atoms with Crippen molar-refractivity contribution in [3.8, 4) is 0 Å². The molecule has 0 spiro atoms. The van der Waals surface area contributed by atoms with Crippen molar-refractivity contribution in [3.05, 3.63) is 0 Å². The lowest BCUT2D eigenvalue weighted by Crippen LogP contribution is -2.38. The molecule has 1 rings (SSSR count). The molecular weight excluding hydrogens is 199 g/mol. The molecule has 0 aromatic rings. The molecule has 0 saturated carbocycles. The van der Waals surface area contributed by atoms with Crippen LogP contribution in [-0.4, -0.2) is 35.9 Å². The summed E-state index contributed by atoms with van der Waals surface area (Å²) in [6.07, 6.45) is -4.45. The summed E-state index contributed by atoms with van der Waals surface area (Å²) in [7, 11) is 0. The van der Waals surface area contributed by atoms with Gasteiger partial charge in [0, 0.05) is 0 Å². The number of amides is 1. The molecule has 1 aliphatic rings. The van der Waals surface area contributed by atoms with Gasteiger partial charge in [-0.1, -0.05) is 0 Å². The molecule has 3 nitrogen and oxygen atoms in total. The SMILES string of the molecule is CC1(C)C(=O)CN(CC(F)(F)F)C1=O. The maximum atomic E-state index is 12.0. The van der Waals surface area contributed by atoms with Crippen molar-refractivity contribution in [2.75, 3.05) is 13.1 Å². The molecule has 1 heterocycles. The number of Topliss-reactive ketones (excluding diaryl/α,β-unsaturated/α-hetero) is 1. The number of hydrogen-bond donors (Lipinski definition) is 0. The standard InChI is InChI=1S/C8H10F3NO2/c1-7(2)5(13)3-12(6(7)14)4-8(9,10)11/h3-4H2,1-2H3. The first-order valence-electron chi connectivity index (χ1n) is 4.04. The number of alkyl halides is 3. The lowest BCUT2D eigenvalue weighted by atomic mass is 9.91. The minimum Gasteiger partial charge on any atom is -0.325 e. The molecular formula is C8H10F3NO2. The Morgan fingerprint density at radius 1 is 1.36 bits per heavy atom. The van der Waals surface area contributed by atoms with Crippen LogP contribution >= 0.6 is 0 Å². The van der Waals surface area contributed by atoms with Crippen LogP contribution in [0, 0.1) is 5.41 Å². The van der Waals surface area contributed by atoms with Crippen LogP contribution in [0.5, 0.6) is 0 Å². The summed E-state index contributed by atoms with van der Waals surface area (Å²) >= 11 is 0. The van der Waals surface area contributed by atoms with Gasteiger partial charge in [-0.3, -0.25) is 9.59 Å². The maximum Gasteiger partial charge on any atom is 0.406 e. The Morgan fingerprint density at radius 3 is 2.14 bits per heavy atom. The molecule has 0 unspecified atom stereocenters. The normalized spacial score (nSPS) is 21.9. The molecule has 0 bridgehead atoms. The summed E-state index contributed by atoms with van der Waals surface area (Å²) in [6.45, 7) is 0.897. The van der Waals surface area contributed by atoms with Gasteiger partial charge < -0.3 is 4.90 Å². The number of nitrogens with zero attached hydrogens (tertiary/aromatic N) is 1. The van der Waals surface area contributed by atoms with E-state index in [0.717, 1.165) is 0 Å². The molecule has 14 heavy (non-hydrogen) atoms. The Kier molecular flexibility index (Phi) is 2.33. The van der Waals surface area contributed by atoms with Crippen molar-refractivity contribution in [1.82, 2.24) is 4.90 Å². The predicted octanol–water partition coefficient (Wildman–Crippen LogP) is 0.986. The van der Waals surface area contributed by atoms with Gasteiger partial charge in [0.05, 0.1) is 6.54 Å². The highest BCUT2D eigenvalue weighted by Crippen LogP contribution is 2.29. The second-order valence-electron chi connectivity index (χ2n) is 3.82. The quantitative estimate of drug-likeness (QED) is 0.604. The van der Waals surface area contributed by atoms with E-state index in [1.807, 2.05) is 0 Å². The summed E-state index contributed by atoms with van der Waals surface area (Å²) < 4.78 is 35.9. The molecule has 1 aliphatic heterocycles. The van der Waals surface area contributed by atoms with E-state index in [1.54, 1.807) is 0 Å². The maximum absolute atomic E-state index is 12.0. The summed E-state index contributed by atoms with van der Waals surface area (Å²) in [5.74, 6) is -1.22. The van der Waals surface area contributed by atoms with Crippen molar-refractivity contribution in [1.29, 1.82) is 0 Å². The fourth-order valence-corrected chi connectivity index (χ4v) is 1.30. The molecule has 0 aromatic carbocycles. The first kappa shape index (κ1) is 11.0. The highest BCUT2D eigenvalue weighted by molar-refractivity contribution is 6.11. The lowest BCUT2D eigenvalue weighted by Gasteiger charge is -2.19. The van der Waals surface area contributed by atoms with Gasteiger partial charge in [-0.15, -0.1) is 0 Å². The van der Waals surface area contributed by atoms with Gasteiger partial charge in [0.2, 0.25) is 5.91 Å². The van der Waals surface area contributed by atoms with Crippen molar-refractivity contribution in [3.63, 3.8) is 0 Å². The fourth-order valence-electron chi connectivity index (χ4n) is 1.30. The number of halogens is 3. The zero-order valence-corrected chi connectivity index (χ0v) is 7.81. The first-order valence-corrected chi connectivity index (χ1v) is 4.04. The number of rotatable bonds is 1. The molecule has 0 aromatic heterocycles. The third kappa shape index (κ3) is 1.88. The largest absolute Gasteiger partial charge is 0.406 e. The van der Waals surface area contributed by atoms with E-state index in [-0.39, 0.29) is 0 Å². The van der Waals surface area contributed by atoms with Crippen molar-refractivity contribution in [2.24, 2.45) is 5.41 Å². The van der Waals surface area contributed by atoms with Crippen LogP contribution in [0.1, 0.15) is 13.8 Å². The average Bonchev–Trinajstić information content (AvgIpc) is 2.12. The van der Waals surface area contributed by atoms with E-state index in [4.69, 9.17) is 0 Å². The predicted molar refractivity (Wildman–Crippen MR) is 41.4 cm³/mol. The summed E-state index contributed by atoms with van der Waals surface area (Å²) in [6, 6.07) is 0. The number of ketones is 1. The number of hydrogen-bond acceptors (Lipinski definition) is 2. The highest BCUT2D eigenvalue weighted by atomic mass is 19.4. The molecule has 80 valence electrons. The van der Waals surface area contributed by atoms with E-state index in [0.29, 0.717) is 4.90 Å². The van der Waals surface area contributed by atoms with Gasteiger partial charge in [-0.05, 0) is 13.8 Å². The van der Waals surface area contributed by atoms with Crippen LogP contribution in [0.2, 0.25) is 0 Å². The second-order valence-corrected chi connectivity index (χ2v) is 3.82. The average molecular weight is 209 g/mol. The van der Waals surface area contributed by atoms with Crippen LogP contribution in [0.15, 0.2) is 0 Å². The van der Waals surface area contributed by atoms with Crippen molar-refractivity contribution < 1.29 is 22.8 Å². The zero-order valence-electron chi connectivity index (χ0n) is 7.81. The first-order chi connectivity index (χ1) is 6.14.